The van der Waals surface area contributed by atoms with Crippen LogP contribution in [0.25, 0.3) is 6.08 Å². The molecule has 0 heterocycles. The predicted molar refractivity (Wildman–Crippen MR) is 82.2 cm³/mol. The van der Waals surface area contributed by atoms with Gasteiger partial charge < -0.3 is 10.4 Å². The molecule has 1 aromatic carbocycles. The van der Waals surface area contributed by atoms with Crippen LogP contribution in [0.3, 0.4) is 0 Å². The SMILES string of the molecule is CSCC(C)(O)CNC(=O)C=Cc1ccc(C)cc1. The van der Waals surface area contributed by atoms with E-state index in [0.29, 0.717) is 5.75 Å². The summed E-state index contributed by atoms with van der Waals surface area (Å²) in [6.07, 6.45) is 5.17. The predicted octanol–water partition coefficient (Wildman–Crippen LogP) is 2.24. The second-order valence-corrected chi connectivity index (χ2v) is 5.76. The normalized spacial score (nSPS) is 14.3. The Bertz CT molecular complexity index is 438. The first-order valence-electron chi connectivity index (χ1n) is 6.17. The number of benzene rings is 1. The smallest absolute Gasteiger partial charge is 0.244 e. The third kappa shape index (κ3) is 6.45. The lowest BCUT2D eigenvalue weighted by Gasteiger charge is -2.21. The molecular weight excluding hydrogens is 258 g/mol. The van der Waals surface area contributed by atoms with Gasteiger partial charge in [-0.3, -0.25) is 4.79 Å². The van der Waals surface area contributed by atoms with Crippen molar-refractivity contribution in [3.05, 3.63) is 41.5 Å². The van der Waals surface area contributed by atoms with Crippen LogP contribution < -0.4 is 5.32 Å². The summed E-state index contributed by atoms with van der Waals surface area (Å²) < 4.78 is 0. The van der Waals surface area contributed by atoms with Gasteiger partial charge in [0.2, 0.25) is 5.91 Å². The van der Waals surface area contributed by atoms with E-state index >= 15 is 0 Å². The lowest BCUT2D eigenvalue weighted by Crippen LogP contribution is -2.41. The summed E-state index contributed by atoms with van der Waals surface area (Å²) in [7, 11) is 0. The summed E-state index contributed by atoms with van der Waals surface area (Å²) in [6.45, 7) is 3.99. The zero-order valence-electron chi connectivity index (χ0n) is 11.6. The average molecular weight is 279 g/mol. The molecule has 0 spiro atoms. The van der Waals surface area contributed by atoms with E-state index in [0.717, 1.165) is 5.56 Å². The molecule has 19 heavy (non-hydrogen) atoms. The molecule has 0 bridgehead atoms. The first kappa shape index (κ1) is 15.8. The van der Waals surface area contributed by atoms with Crippen molar-refractivity contribution >= 4 is 23.7 Å². The van der Waals surface area contributed by atoms with Crippen LogP contribution in [-0.4, -0.2) is 35.2 Å². The largest absolute Gasteiger partial charge is 0.387 e. The molecule has 1 aromatic rings. The van der Waals surface area contributed by atoms with E-state index in [1.54, 1.807) is 24.8 Å². The maximum absolute atomic E-state index is 11.6. The number of rotatable bonds is 6. The Balaban J connectivity index is 2.45. The fourth-order valence-corrected chi connectivity index (χ4v) is 2.27. The van der Waals surface area contributed by atoms with Crippen molar-refractivity contribution in [1.29, 1.82) is 0 Å². The second kappa shape index (κ2) is 7.36. The molecule has 0 aromatic heterocycles. The van der Waals surface area contributed by atoms with Gasteiger partial charge in [0.1, 0.15) is 0 Å². The second-order valence-electron chi connectivity index (χ2n) is 4.89. The van der Waals surface area contributed by atoms with Gasteiger partial charge in [-0.15, -0.1) is 0 Å². The van der Waals surface area contributed by atoms with Gasteiger partial charge in [-0.05, 0) is 31.7 Å². The van der Waals surface area contributed by atoms with Crippen molar-refractivity contribution in [1.82, 2.24) is 5.32 Å². The minimum atomic E-state index is -0.868. The molecule has 3 nitrogen and oxygen atoms in total. The molecular formula is C15H21NO2S. The molecule has 4 heteroatoms. The van der Waals surface area contributed by atoms with Gasteiger partial charge in [0, 0.05) is 18.4 Å². The van der Waals surface area contributed by atoms with E-state index < -0.39 is 5.60 Å². The number of aliphatic hydroxyl groups is 1. The Labute approximate surface area is 119 Å². The van der Waals surface area contributed by atoms with E-state index in [9.17, 15) is 9.90 Å². The number of hydrogen-bond acceptors (Lipinski definition) is 3. The third-order valence-corrected chi connectivity index (χ3v) is 3.51. The van der Waals surface area contributed by atoms with Crippen molar-refractivity contribution < 1.29 is 9.90 Å². The van der Waals surface area contributed by atoms with Gasteiger partial charge in [0.15, 0.2) is 0 Å². The van der Waals surface area contributed by atoms with Crippen molar-refractivity contribution in [3.8, 4) is 0 Å². The molecule has 0 aliphatic heterocycles. The maximum atomic E-state index is 11.6. The number of carbonyl (C=O) groups excluding carboxylic acids is 1. The first-order chi connectivity index (χ1) is 8.93. The molecule has 1 unspecified atom stereocenters. The molecule has 1 amide bonds. The van der Waals surface area contributed by atoms with Gasteiger partial charge in [0.05, 0.1) is 5.60 Å². The van der Waals surface area contributed by atoms with Crippen LogP contribution in [0.2, 0.25) is 0 Å². The van der Waals surface area contributed by atoms with Crippen LogP contribution >= 0.6 is 11.8 Å². The standard InChI is InChI=1S/C15H21NO2S/c1-12-4-6-13(7-5-12)8-9-14(17)16-10-15(2,18)11-19-3/h4-9,18H,10-11H2,1-3H3,(H,16,17). The van der Waals surface area contributed by atoms with Gasteiger partial charge in [-0.1, -0.05) is 29.8 Å². The fraction of sp³-hybridized carbons (Fsp3) is 0.400. The van der Waals surface area contributed by atoms with Crippen molar-refractivity contribution in [3.63, 3.8) is 0 Å². The molecule has 0 radical (unpaired) electrons. The van der Waals surface area contributed by atoms with Crippen LogP contribution in [0.15, 0.2) is 30.3 Å². The van der Waals surface area contributed by atoms with Crippen LogP contribution in [0, 0.1) is 6.92 Å². The van der Waals surface area contributed by atoms with Crippen LogP contribution in [-0.2, 0) is 4.79 Å². The highest BCUT2D eigenvalue weighted by Gasteiger charge is 2.19. The molecule has 0 fully saturated rings. The lowest BCUT2D eigenvalue weighted by atomic mass is 10.1. The molecule has 0 saturated heterocycles. The zero-order valence-corrected chi connectivity index (χ0v) is 12.5. The number of nitrogens with one attached hydrogen (secondary N) is 1. The molecule has 0 saturated carbocycles. The highest BCUT2D eigenvalue weighted by molar-refractivity contribution is 7.98. The Morgan fingerprint density at radius 1 is 1.42 bits per heavy atom. The summed E-state index contributed by atoms with van der Waals surface area (Å²) in [5.41, 5.74) is 1.30. The van der Waals surface area contributed by atoms with Gasteiger partial charge in [0.25, 0.3) is 0 Å². The maximum Gasteiger partial charge on any atom is 0.244 e. The average Bonchev–Trinajstić information content (AvgIpc) is 2.36. The van der Waals surface area contributed by atoms with Crippen LogP contribution in [0.4, 0.5) is 0 Å². The summed E-state index contributed by atoms with van der Waals surface area (Å²) >= 11 is 1.55. The number of carbonyl (C=O) groups is 1. The third-order valence-electron chi connectivity index (χ3n) is 2.60. The number of aryl methyl sites for hydroxylation is 1. The summed E-state index contributed by atoms with van der Waals surface area (Å²) in [4.78, 5) is 11.6. The number of hydrogen-bond donors (Lipinski definition) is 2. The van der Waals surface area contributed by atoms with Gasteiger partial charge >= 0.3 is 0 Å². The summed E-state index contributed by atoms with van der Waals surface area (Å²) in [6, 6.07) is 7.92. The van der Waals surface area contributed by atoms with Gasteiger partial charge in [-0.2, -0.15) is 11.8 Å². The van der Waals surface area contributed by atoms with E-state index in [-0.39, 0.29) is 12.5 Å². The number of amides is 1. The van der Waals surface area contributed by atoms with Crippen molar-refractivity contribution in [2.75, 3.05) is 18.6 Å². The Kier molecular flexibility index (Phi) is 6.12. The van der Waals surface area contributed by atoms with E-state index in [4.69, 9.17) is 0 Å². The molecule has 104 valence electrons. The number of thioether (sulfide) groups is 1. The Hall–Kier alpha value is -1.26. The van der Waals surface area contributed by atoms with Crippen molar-refractivity contribution in [2.45, 2.75) is 19.4 Å². The lowest BCUT2D eigenvalue weighted by molar-refractivity contribution is -0.117. The van der Waals surface area contributed by atoms with E-state index in [1.807, 2.05) is 37.4 Å². The molecule has 0 aliphatic carbocycles. The fourth-order valence-electron chi connectivity index (χ4n) is 1.55. The monoisotopic (exact) mass is 279 g/mol. The van der Waals surface area contributed by atoms with Crippen LogP contribution in [0.1, 0.15) is 18.1 Å². The first-order valence-corrected chi connectivity index (χ1v) is 7.56. The summed E-state index contributed by atoms with van der Waals surface area (Å²) in [5, 5.41) is 12.6. The molecule has 2 N–H and O–H groups in total. The molecule has 1 rings (SSSR count). The Morgan fingerprint density at radius 3 is 2.63 bits per heavy atom. The van der Waals surface area contributed by atoms with Crippen LogP contribution in [0.5, 0.6) is 0 Å². The quantitative estimate of drug-likeness (QED) is 0.785. The zero-order chi connectivity index (χ0) is 14.3. The Morgan fingerprint density at radius 2 is 2.05 bits per heavy atom. The molecule has 1 atom stereocenters. The highest BCUT2D eigenvalue weighted by atomic mass is 32.2. The topological polar surface area (TPSA) is 49.3 Å². The minimum absolute atomic E-state index is 0.193. The molecule has 0 aliphatic rings. The summed E-state index contributed by atoms with van der Waals surface area (Å²) in [5.74, 6) is 0.400. The highest BCUT2D eigenvalue weighted by Crippen LogP contribution is 2.09. The van der Waals surface area contributed by atoms with Crippen molar-refractivity contribution in [2.24, 2.45) is 0 Å². The minimum Gasteiger partial charge on any atom is -0.387 e. The van der Waals surface area contributed by atoms with E-state index in [2.05, 4.69) is 5.32 Å². The van der Waals surface area contributed by atoms with E-state index in [1.165, 1.54) is 11.6 Å². The van der Waals surface area contributed by atoms with Gasteiger partial charge in [-0.25, -0.2) is 0 Å².